The molecule has 152 valence electrons. The van der Waals surface area contributed by atoms with Crippen molar-refractivity contribution in [1.29, 1.82) is 0 Å². The van der Waals surface area contributed by atoms with Crippen LogP contribution in [0, 0.1) is 19.8 Å². The van der Waals surface area contributed by atoms with E-state index >= 15 is 0 Å². The lowest BCUT2D eigenvalue weighted by Crippen LogP contribution is -2.31. The Kier molecular flexibility index (Phi) is 7.04. The van der Waals surface area contributed by atoms with Gasteiger partial charge in [0.05, 0.1) is 17.5 Å². The normalized spacial score (nSPS) is 12.2. The number of rotatable bonds is 8. The Morgan fingerprint density at radius 2 is 1.86 bits per heavy atom. The van der Waals surface area contributed by atoms with Crippen LogP contribution in [0.3, 0.4) is 0 Å². The van der Waals surface area contributed by atoms with Gasteiger partial charge in [-0.15, -0.1) is 5.10 Å². The average molecular weight is 410 g/mol. The predicted octanol–water partition coefficient (Wildman–Crippen LogP) is 4.27. The summed E-state index contributed by atoms with van der Waals surface area (Å²) in [6.07, 6.45) is 0.890. The van der Waals surface area contributed by atoms with Crippen molar-refractivity contribution < 1.29 is 4.79 Å². The van der Waals surface area contributed by atoms with Crippen LogP contribution in [-0.2, 0) is 4.79 Å². The maximum atomic E-state index is 12.7. The van der Waals surface area contributed by atoms with Gasteiger partial charge in [-0.25, -0.2) is 0 Å². The Morgan fingerprint density at radius 1 is 1.10 bits per heavy atom. The number of nitrogens with zero attached hydrogens (tertiary/aromatic N) is 4. The number of benzene rings is 2. The van der Waals surface area contributed by atoms with Gasteiger partial charge in [-0.3, -0.25) is 4.79 Å². The molecule has 1 aromatic heterocycles. The summed E-state index contributed by atoms with van der Waals surface area (Å²) in [5.74, 6) is 0.705. The van der Waals surface area contributed by atoms with Gasteiger partial charge >= 0.3 is 0 Å². The highest BCUT2D eigenvalue weighted by Crippen LogP contribution is 2.24. The highest BCUT2D eigenvalue weighted by Gasteiger charge is 2.18. The predicted molar refractivity (Wildman–Crippen MR) is 116 cm³/mol. The second kappa shape index (κ2) is 9.69. The standard InChI is InChI=1S/C22H27N5OS/c1-15(2)13-19(18-10-6-5-7-11-18)23-21(28)14-29-22-24-25-26-27(22)20-12-8-9-16(3)17(20)4/h5-12,15,19H,13-14H2,1-4H3,(H,23,28)/t19-/m0/s1. The van der Waals surface area contributed by atoms with Gasteiger partial charge in [0.2, 0.25) is 11.1 Å². The van der Waals surface area contributed by atoms with E-state index in [2.05, 4.69) is 59.8 Å². The molecule has 6 nitrogen and oxygen atoms in total. The number of aromatic nitrogens is 4. The Balaban J connectivity index is 1.68. The molecule has 0 aliphatic heterocycles. The highest BCUT2D eigenvalue weighted by atomic mass is 32.2. The molecule has 0 aliphatic rings. The zero-order chi connectivity index (χ0) is 20.8. The van der Waals surface area contributed by atoms with Crippen molar-refractivity contribution in [3.63, 3.8) is 0 Å². The third-order valence-electron chi connectivity index (χ3n) is 4.82. The third kappa shape index (κ3) is 5.44. The molecule has 0 aliphatic carbocycles. The molecule has 1 N–H and O–H groups in total. The number of hydrogen-bond acceptors (Lipinski definition) is 5. The number of carbonyl (C=O) groups excluding carboxylic acids is 1. The number of hydrogen-bond donors (Lipinski definition) is 1. The van der Waals surface area contributed by atoms with Crippen molar-refractivity contribution in [2.75, 3.05) is 5.75 Å². The van der Waals surface area contributed by atoms with E-state index in [1.54, 1.807) is 4.68 Å². The van der Waals surface area contributed by atoms with Crippen LogP contribution in [-0.4, -0.2) is 31.9 Å². The van der Waals surface area contributed by atoms with Crippen LogP contribution >= 0.6 is 11.8 Å². The van der Waals surface area contributed by atoms with E-state index in [9.17, 15) is 4.79 Å². The van der Waals surface area contributed by atoms with Gasteiger partial charge in [0.25, 0.3) is 0 Å². The molecule has 2 aromatic carbocycles. The van der Waals surface area contributed by atoms with Crippen LogP contribution < -0.4 is 5.32 Å². The van der Waals surface area contributed by atoms with Gasteiger partial charge in [-0.1, -0.05) is 68.1 Å². The lowest BCUT2D eigenvalue weighted by Gasteiger charge is -2.21. The summed E-state index contributed by atoms with van der Waals surface area (Å²) in [6.45, 7) is 8.43. The number of aryl methyl sites for hydroxylation is 1. The van der Waals surface area contributed by atoms with Gasteiger partial charge < -0.3 is 5.32 Å². The van der Waals surface area contributed by atoms with Crippen LogP contribution in [0.25, 0.3) is 5.69 Å². The minimum Gasteiger partial charge on any atom is -0.349 e. The maximum absolute atomic E-state index is 12.7. The van der Waals surface area contributed by atoms with E-state index in [1.165, 1.54) is 17.3 Å². The van der Waals surface area contributed by atoms with Crippen molar-refractivity contribution in [1.82, 2.24) is 25.5 Å². The summed E-state index contributed by atoms with van der Waals surface area (Å²) in [6, 6.07) is 16.1. The molecule has 0 saturated heterocycles. The monoisotopic (exact) mass is 409 g/mol. The van der Waals surface area contributed by atoms with Crippen molar-refractivity contribution in [2.24, 2.45) is 5.92 Å². The first-order valence-electron chi connectivity index (χ1n) is 9.77. The van der Waals surface area contributed by atoms with Crippen LogP contribution in [0.4, 0.5) is 0 Å². The van der Waals surface area contributed by atoms with Gasteiger partial charge in [-0.05, 0) is 59.4 Å². The zero-order valence-electron chi connectivity index (χ0n) is 17.3. The van der Waals surface area contributed by atoms with Gasteiger partial charge in [0.1, 0.15) is 0 Å². The summed E-state index contributed by atoms with van der Waals surface area (Å²) in [7, 11) is 0. The second-order valence-corrected chi connectivity index (χ2v) is 8.48. The third-order valence-corrected chi connectivity index (χ3v) is 5.74. The minimum absolute atomic E-state index is 0.000637. The summed E-state index contributed by atoms with van der Waals surface area (Å²) in [5, 5.41) is 15.8. The van der Waals surface area contributed by atoms with Crippen LogP contribution in [0.5, 0.6) is 0 Å². The molecule has 0 saturated carbocycles. The number of tetrazole rings is 1. The number of amides is 1. The molecule has 1 atom stereocenters. The van der Waals surface area contributed by atoms with Crippen molar-refractivity contribution in [2.45, 2.75) is 45.3 Å². The quantitative estimate of drug-likeness (QED) is 0.562. The van der Waals surface area contributed by atoms with Crippen LogP contribution in [0.2, 0.25) is 0 Å². The molecule has 0 fully saturated rings. The van der Waals surface area contributed by atoms with Crippen molar-refractivity contribution >= 4 is 17.7 Å². The molecule has 1 heterocycles. The smallest absolute Gasteiger partial charge is 0.230 e. The van der Waals surface area contributed by atoms with E-state index in [0.717, 1.165) is 23.2 Å². The molecule has 3 rings (SSSR count). The van der Waals surface area contributed by atoms with E-state index in [-0.39, 0.29) is 17.7 Å². The van der Waals surface area contributed by atoms with Gasteiger partial charge in [0, 0.05) is 0 Å². The summed E-state index contributed by atoms with van der Waals surface area (Å²) in [5.41, 5.74) is 4.35. The molecule has 0 spiro atoms. The first-order valence-corrected chi connectivity index (χ1v) is 10.8. The lowest BCUT2D eigenvalue weighted by atomic mass is 9.97. The van der Waals surface area contributed by atoms with Gasteiger partial charge in [0.15, 0.2) is 0 Å². The van der Waals surface area contributed by atoms with E-state index in [4.69, 9.17) is 0 Å². The molecular formula is C22H27N5OS. The zero-order valence-corrected chi connectivity index (χ0v) is 18.1. The molecule has 0 bridgehead atoms. The van der Waals surface area contributed by atoms with Gasteiger partial charge in [-0.2, -0.15) is 4.68 Å². The Bertz CT molecular complexity index is 955. The topological polar surface area (TPSA) is 72.7 Å². The fourth-order valence-electron chi connectivity index (χ4n) is 3.19. The summed E-state index contributed by atoms with van der Waals surface area (Å²) in [4.78, 5) is 12.7. The first-order chi connectivity index (χ1) is 14.0. The number of thioether (sulfide) groups is 1. The molecule has 3 aromatic rings. The van der Waals surface area contributed by atoms with E-state index in [1.807, 2.05) is 37.3 Å². The lowest BCUT2D eigenvalue weighted by molar-refractivity contribution is -0.119. The first kappa shape index (κ1) is 21.0. The summed E-state index contributed by atoms with van der Waals surface area (Å²) < 4.78 is 1.70. The van der Waals surface area contributed by atoms with Crippen molar-refractivity contribution in [3.05, 3.63) is 65.2 Å². The average Bonchev–Trinajstić information content (AvgIpc) is 3.17. The fourth-order valence-corrected chi connectivity index (χ4v) is 3.88. The Hall–Kier alpha value is -2.67. The largest absolute Gasteiger partial charge is 0.349 e. The SMILES string of the molecule is Cc1cccc(-n2nnnc2SCC(=O)N[C@@H](CC(C)C)c2ccccc2)c1C. The maximum Gasteiger partial charge on any atom is 0.230 e. The molecule has 0 unspecified atom stereocenters. The summed E-state index contributed by atoms with van der Waals surface area (Å²) >= 11 is 1.34. The van der Waals surface area contributed by atoms with E-state index < -0.39 is 0 Å². The number of carbonyl (C=O) groups is 1. The Labute approximate surface area is 176 Å². The fraction of sp³-hybridized carbons (Fsp3) is 0.364. The molecule has 0 radical (unpaired) electrons. The Morgan fingerprint density at radius 3 is 2.59 bits per heavy atom. The minimum atomic E-state index is -0.0278. The molecule has 1 amide bonds. The number of nitrogens with one attached hydrogen (secondary N) is 1. The second-order valence-electron chi connectivity index (χ2n) is 7.54. The van der Waals surface area contributed by atoms with Crippen LogP contribution in [0.15, 0.2) is 53.7 Å². The van der Waals surface area contributed by atoms with Crippen LogP contribution in [0.1, 0.15) is 43.0 Å². The molecular weight excluding hydrogens is 382 g/mol. The highest BCUT2D eigenvalue weighted by molar-refractivity contribution is 7.99. The molecule has 7 heteroatoms. The molecule has 29 heavy (non-hydrogen) atoms. The van der Waals surface area contributed by atoms with E-state index in [0.29, 0.717) is 11.1 Å². The van der Waals surface area contributed by atoms with Crippen molar-refractivity contribution in [3.8, 4) is 5.69 Å².